The zero-order chi connectivity index (χ0) is 19.9. The van der Waals surface area contributed by atoms with Crippen LogP contribution in [-0.2, 0) is 9.59 Å². The third-order valence-corrected chi connectivity index (χ3v) is 4.37. The topological polar surface area (TPSA) is 77.1 Å². The van der Waals surface area contributed by atoms with E-state index in [1.165, 1.54) is 0 Å². The Balaban J connectivity index is 1.43. The van der Waals surface area contributed by atoms with Crippen molar-refractivity contribution >= 4 is 17.5 Å². The van der Waals surface area contributed by atoms with Gasteiger partial charge in [-0.15, -0.1) is 0 Å². The highest BCUT2D eigenvalue weighted by Gasteiger charge is 2.25. The first kappa shape index (κ1) is 19.5. The Morgan fingerprint density at radius 3 is 2.68 bits per heavy atom. The van der Waals surface area contributed by atoms with Gasteiger partial charge in [-0.25, -0.2) is 0 Å². The molecule has 7 nitrogen and oxygen atoms in total. The average molecular weight is 384 g/mol. The molecule has 2 amide bonds. The van der Waals surface area contributed by atoms with Crippen molar-refractivity contribution in [1.82, 2.24) is 5.32 Å². The number of aryl methyl sites for hydroxylation is 1. The predicted molar refractivity (Wildman–Crippen MR) is 105 cm³/mol. The Morgan fingerprint density at radius 1 is 1.18 bits per heavy atom. The van der Waals surface area contributed by atoms with E-state index in [-0.39, 0.29) is 24.8 Å². The normalized spacial score (nSPS) is 12.8. The molecule has 2 aromatic rings. The van der Waals surface area contributed by atoms with Crippen LogP contribution in [0.25, 0.3) is 0 Å². The van der Waals surface area contributed by atoms with E-state index in [4.69, 9.17) is 14.2 Å². The van der Waals surface area contributed by atoms with Gasteiger partial charge in [0, 0.05) is 13.0 Å². The van der Waals surface area contributed by atoms with E-state index < -0.39 is 0 Å². The molecule has 3 rings (SSSR count). The molecule has 0 aromatic heterocycles. The van der Waals surface area contributed by atoms with Crippen molar-refractivity contribution in [3.8, 4) is 17.2 Å². The number of rotatable bonds is 8. The van der Waals surface area contributed by atoms with Crippen LogP contribution in [0, 0.1) is 6.92 Å². The van der Waals surface area contributed by atoms with Gasteiger partial charge in [-0.1, -0.05) is 6.07 Å². The number of ether oxygens (including phenoxy) is 3. The predicted octanol–water partition coefficient (Wildman–Crippen LogP) is 2.31. The SMILES string of the molecule is COc1ccc(OCCNC(=O)CCN2C(=O)COc3ccc(C)cc32)cc1. The first-order valence-electron chi connectivity index (χ1n) is 9.14. The number of carbonyl (C=O) groups is 2. The van der Waals surface area contributed by atoms with Crippen LogP contribution in [0.4, 0.5) is 5.69 Å². The number of methoxy groups -OCH3 is 1. The summed E-state index contributed by atoms with van der Waals surface area (Å²) in [7, 11) is 1.61. The summed E-state index contributed by atoms with van der Waals surface area (Å²) < 4.78 is 16.1. The molecule has 1 aliphatic rings. The average Bonchev–Trinajstić information content (AvgIpc) is 2.71. The number of anilines is 1. The quantitative estimate of drug-likeness (QED) is 0.707. The molecule has 1 N–H and O–H groups in total. The Kier molecular flexibility index (Phi) is 6.37. The molecule has 0 unspecified atom stereocenters. The number of nitrogens with one attached hydrogen (secondary N) is 1. The number of hydrogen-bond acceptors (Lipinski definition) is 5. The third-order valence-electron chi connectivity index (χ3n) is 4.37. The fourth-order valence-electron chi connectivity index (χ4n) is 2.89. The molecule has 148 valence electrons. The second-order valence-electron chi connectivity index (χ2n) is 6.43. The van der Waals surface area contributed by atoms with Crippen LogP contribution in [0.3, 0.4) is 0 Å². The Hall–Kier alpha value is -3.22. The van der Waals surface area contributed by atoms with Crippen LogP contribution in [0.15, 0.2) is 42.5 Å². The van der Waals surface area contributed by atoms with Gasteiger partial charge >= 0.3 is 0 Å². The lowest BCUT2D eigenvalue weighted by molar-refractivity contribution is -0.122. The molecule has 0 saturated heterocycles. The van der Waals surface area contributed by atoms with Gasteiger partial charge in [0.05, 0.1) is 19.3 Å². The van der Waals surface area contributed by atoms with Crippen molar-refractivity contribution in [2.24, 2.45) is 0 Å². The number of carbonyl (C=O) groups excluding carboxylic acids is 2. The summed E-state index contributed by atoms with van der Waals surface area (Å²) in [6.07, 6.45) is 0.210. The Morgan fingerprint density at radius 2 is 1.93 bits per heavy atom. The third kappa shape index (κ3) is 4.94. The molecular weight excluding hydrogens is 360 g/mol. The summed E-state index contributed by atoms with van der Waals surface area (Å²) in [5.74, 6) is 1.86. The van der Waals surface area contributed by atoms with E-state index in [1.807, 2.05) is 49.4 Å². The molecule has 28 heavy (non-hydrogen) atoms. The van der Waals surface area contributed by atoms with Crippen LogP contribution in [-0.4, -0.2) is 45.2 Å². The van der Waals surface area contributed by atoms with E-state index in [2.05, 4.69) is 5.32 Å². The summed E-state index contributed by atoms with van der Waals surface area (Å²) >= 11 is 0. The highest BCUT2D eigenvalue weighted by atomic mass is 16.5. The van der Waals surface area contributed by atoms with Crippen molar-refractivity contribution in [2.45, 2.75) is 13.3 Å². The second kappa shape index (κ2) is 9.12. The lowest BCUT2D eigenvalue weighted by atomic mass is 10.1. The maximum Gasteiger partial charge on any atom is 0.265 e. The van der Waals surface area contributed by atoms with Gasteiger partial charge in [-0.2, -0.15) is 0 Å². The summed E-state index contributed by atoms with van der Waals surface area (Å²) in [4.78, 5) is 25.9. The van der Waals surface area contributed by atoms with E-state index >= 15 is 0 Å². The number of amides is 2. The van der Waals surface area contributed by atoms with Gasteiger partial charge in [-0.3, -0.25) is 9.59 Å². The maximum absolute atomic E-state index is 12.2. The summed E-state index contributed by atoms with van der Waals surface area (Å²) in [6.45, 7) is 3.00. The lowest BCUT2D eigenvalue weighted by Crippen LogP contribution is -2.41. The molecular formula is C21H24N2O5. The summed E-state index contributed by atoms with van der Waals surface area (Å²) in [5.41, 5.74) is 1.74. The zero-order valence-corrected chi connectivity index (χ0v) is 16.1. The molecule has 0 atom stereocenters. The summed E-state index contributed by atoms with van der Waals surface area (Å²) in [6, 6.07) is 12.9. The molecule has 0 spiro atoms. The van der Waals surface area contributed by atoms with E-state index in [0.29, 0.717) is 36.9 Å². The van der Waals surface area contributed by atoms with Gasteiger partial charge in [0.15, 0.2) is 6.61 Å². The van der Waals surface area contributed by atoms with E-state index in [0.717, 1.165) is 11.3 Å². The molecule has 0 radical (unpaired) electrons. The van der Waals surface area contributed by atoms with Crippen LogP contribution >= 0.6 is 0 Å². The maximum atomic E-state index is 12.2. The molecule has 0 fully saturated rings. The Bertz CT molecular complexity index is 835. The highest BCUT2D eigenvalue weighted by Crippen LogP contribution is 2.32. The van der Waals surface area contributed by atoms with E-state index in [9.17, 15) is 9.59 Å². The molecule has 1 heterocycles. The number of nitrogens with zero attached hydrogens (tertiary/aromatic N) is 1. The summed E-state index contributed by atoms with van der Waals surface area (Å²) in [5, 5.41) is 2.81. The minimum atomic E-state index is -0.145. The van der Waals surface area contributed by atoms with Gasteiger partial charge < -0.3 is 24.4 Å². The first-order valence-corrected chi connectivity index (χ1v) is 9.14. The zero-order valence-electron chi connectivity index (χ0n) is 16.1. The molecule has 0 aliphatic carbocycles. The van der Waals surface area contributed by atoms with Crippen molar-refractivity contribution in [1.29, 1.82) is 0 Å². The number of fused-ring (bicyclic) bond motifs is 1. The molecule has 0 saturated carbocycles. The minimum Gasteiger partial charge on any atom is -0.497 e. The van der Waals surface area contributed by atoms with Crippen molar-refractivity contribution in [3.05, 3.63) is 48.0 Å². The highest BCUT2D eigenvalue weighted by molar-refractivity contribution is 5.98. The van der Waals surface area contributed by atoms with Crippen molar-refractivity contribution in [3.63, 3.8) is 0 Å². The molecule has 1 aliphatic heterocycles. The molecule has 7 heteroatoms. The fraction of sp³-hybridized carbons (Fsp3) is 0.333. The van der Waals surface area contributed by atoms with Gasteiger partial charge in [0.2, 0.25) is 5.91 Å². The van der Waals surface area contributed by atoms with Gasteiger partial charge in [0.1, 0.15) is 23.9 Å². The van der Waals surface area contributed by atoms with Gasteiger partial charge in [-0.05, 0) is 48.9 Å². The number of benzene rings is 2. The monoisotopic (exact) mass is 384 g/mol. The van der Waals surface area contributed by atoms with Crippen LogP contribution < -0.4 is 24.4 Å². The standard InChI is InChI=1S/C21H24N2O5/c1-15-3-8-19-18(13-15)23(21(25)14-28-19)11-9-20(24)22-10-12-27-17-6-4-16(26-2)5-7-17/h3-8,13H,9-12,14H2,1-2H3,(H,22,24). The van der Waals surface area contributed by atoms with Crippen molar-refractivity contribution in [2.75, 3.05) is 38.3 Å². The molecule has 2 aromatic carbocycles. The Labute approximate surface area is 164 Å². The first-order chi connectivity index (χ1) is 13.6. The van der Waals surface area contributed by atoms with E-state index in [1.54, 1.807) is 12.0 Å². The minimum absolute atomic E-state index is 0.00657. The largest absolute Gasteiger partial charge is 0.497 e. The smallest absolute Gasteiger partial charge is 0.265 e. The number of hydrogen-bond donors (Lipinski definition) is 1. The van der Waals surface area contributed by atoms with Crippen molar-refractivity contribution < 1.29 is 23.8 Å². The van der Waals surface area contributed by atoms with Crippen LogP contribution in [0.1, 0.15) is 12.0 Å². The van der Waals surface area contributed by atoms with Crippen LogP contribution in [0.2, 0.25) is 0 Å². The second-order valence-corrected chi connectivity index (χ2v) is 6.43. The molecule has 0 bridgehead atoms. The van der Waals surface area contributed by atoms with Crippen LogP contribution in [0.5, 0.6) is 17.2 Å². The fourth-order valence-corrected chi connectivity index (χ4v) is 2.89. The van der Waals surface area contributed by atoms with Gasteiger partial charge in [0.25, 0.3) is 5.91 Å². The lowest BCUT2D eigenvalue weighted by Gasteiger charge is -2.29.